The van der Waals surface area contributed by atoms with Crippen molar-refractivity contribution in [3.05, 3.63) is 84.7 Å². The Bertz CT molecular complexity index is 3960. The molecule has 33 heteroatoms. The van der Waals surface area contributed by atoms with E-state index in [9.17, 15) is 39.3 Å². The molecule has 0 aromatic carbocycles. The molecule has 26 atom stereocenters. The molecule has 6 aliphatic rings. The number of aliphatic hydroxyl groups is 3. The van der Waals surface area contributed by atoms with E-state index in [-0.39, 0.29) is 109 Å². The van der Waals surface area contributed by atoms with Gasteiger partial charge in [-0.2, -0.15) is 10.2 Å². The number of aliphatic hydroxyl groups excluding tert-OH is 1. The predicted molar refractivity (Wildman–Crippen MR) is 451 cm³/mol. The average molecular weight is 1690 g/mol. The minimum absolute atomic E-state index is 0. The molecule has 6 saturated heterocycles. The van der Waals surface area contributed by atoms with E-state index in [4.69, 9.17) is 67.8 Å². The van der Waals surface area contributed by atoms with Crippen LogP contribution in [0.25, 0.3) is 11.6 Å². The molecule has 4 bridgehead atoms. The number of fused-ring (bicyclic) bond motifs is 10. The van der Waals surface area contributed by atoms with Gasteiger partial charge in [0.25, 0.3) is 0 Å². The van der Waals surface area contributed by atoms with Crippen LogP contribution < -0.4 is 5.90 Å². The maximum atomic E-state index is 14.5. The Hall–Kier alpha value is -7.16. The lowest BCUT2D eigenvalue weighted by molar-refractivity contribution is -0.300. The number of aliphatic imine (C=N–C) groups is 2. The molecule has 10 heterocycles. The van der Waals surface area contributed by atoms with Gasteiger partial charge in [-0.3, -0.25) is 38.8 Å². The number of Topliss-reactive ketones (excluding diaryl/α,β-unsaturated/α-hetero) is 3. The fourth-order valence-corrected chi connectivity index (χ4v) is 17.8. The molecule has 4 aromatic rings. The number of carbonyl (C=O) groups excluding carboxylic acids is 5. The Morgan fingerprint density at radius 3 is 1.43 bits per heavy atom. The lowest BCUT2D eigenvalue weighted by atomic mass is 9.73. The molecule has 0 aliphatic carbocycles. The summed E-state index contributed by atoms with van der Waals surface area (Å²) in [6.45, 7) is 28.1. The number of hydrogen-bond acceptors (Lipinski definition) is 31. The van der Waals surface area contributed by atoms with Crippen molar-refractivity contribution >= 4 is 46.4 Å². The molecule has 0 unspecified atom stereocenters. The van der Waals surface area contributed by atoms with Gasteiger partial charge < -0.3 is 82.1 Å². The van der Waals surface area contributed by atoms with E-state index in [0.717, 1.165) is 28.4 Å². The molecule has 33 nitrogen and oxygen atoms in total. The number of esters is 2. The van der Waals surface area contributed by atoms with Gasteiger partial charge in [-0.25, -0.2) is 25.2 Å². The fourth-order valence-electron chi connectivity index (χ4n) is 17.8. The van der Waals surface area contributed by atoms with Crippen LogP contribution in [0.4, 0.5) is 0 Å². The number of ketones is 3. The van der Waals surface area contributed by atoms with Gasteiger partial charge in [0.05, 0.1) is 67.6 Å². The summed E-state index contributed by atoms with van der Waals surface area (Å²) in [5.41, 5.74) is -2.47. The van der Waals surface area contributed by atoms with Crippen molar-refractivity contribution in [1.29, 1.82) is 0 Å². The summed E-state index contributed by atoms with van der Waals surface area (Å²) < 4.78 is 73.5. The fraction of sp³-hybridized carbons (Fsp3) is 0.724. The first-order chi connectivity index (χ1) is 55.7. The number of cyclic esters (lactones) is 2. The number of ether oxygens (including phenoxy) is 11. The predicted octanol–water partition coefficient (Wildman–Crippen LogP) is 8.57. The zero-order chi connectivity index (χ0) is 87.1. The highest BCUT2D eigenvalue weighted by molar-refractivity contribution is 6.01. The second kappa shape index (κ2) is 44.9. The average Bonchev–Trinajstić information content (AvgIpc) is 1.42. The van der Waals surface area contributed by atoms with Crippen LogP contribution in [0.5, 0.6) is 0 Å². The summed E-state index contributed by atoms with van der Waals surface area (Å²) in [4.78, 5) is 102. The maximum Gasteiger partial charge on any atom is 0.316 e. The molecule has 674 valence electrons. The van der Waals surface area contributed by atoms with Crippen molar-refractivity contribution in [2.45, 2.75) is 285 Å². The van der Waals surface area contributed by atoms with Crippen LogP contribution in [0.1, 0.15) is 175 Å². The second-order valence-electron chi connectivity index (χ2n) is 33.9. The number of nitrogens with zero attached hydrogens (tertiary/aromatic N) is 11. The van der Waals surface area contributed by atoms with Gasteiger partial charge in [-0.15, -0.1) is 0 Å². The van der Waals surface area contributed by atoms with Gasteiger partial charge in [-0.1, -0.05) is 87.5 Å². The van der Waals surface area contributed by atoms with Crippen LogP contribution >= 0.6 is 0 Å². The molecule has 10 rings (SSSR count). The van der Waals surface area contributed by atoms with Gasteiger partial charge in [0.1, 0.15) is 73.0 Å². The summed E-state index contributed by atoms with van der Waals surface area (Å²) in [6.07, 6.45) is 2.80. The van der Waals surface area contributed by atoms with E-state index in [0.29, 0.717) is 37.4 Å². The zero-order valence-electron chi connectivity index (χ0n) is 73.3. The Morgan fingerprint density at radius 2 is 1.02 bits per heavy atom. The van der Waals surface area contributed by atoms with E-state index >= 15 is 0 Å². The van der Waals surface area contributed by atoms with Crippen molar-refractivity contribution < 1.29 is 101 Å². The molecule has 6 aliphatic heterocycles. The third kappa shape index (κ3) is 24.5. The van der Waals surface area contributed by atoms with Crippen LogP contribution in [0.2, 0.25) is 0 Å². The third-order valence-corrected chi connectivity index (χ3v) is 24.2. The van der Waals surface area contributed by atoms with E-state index in [1.807, 2.05) is 131 Å². The van der Waals surface area contributed by atoms with Crippen LogP contribution in [0.3, 0.4) is 0 Å². The quantitative estimate of drug-likeness (QED) is 0.0463. The highest BCUT2D eigenvalue weighted by Crippen LogP contribution is 2.44. The van der Waals surface area contributed by atoms with Crippen LogP contribution in [0.15, 0.2) is 88.7 Å². The maximum absolute atomic E-state index is 14.5. The van der Waals surface area contributed by atoms with Crippen molar-refractivity contribution in [2.24, 2.45) is 68.4 Å². The summed E-state index contributed by atoms with van der Waals surface area (Å²) in [5.74, 6) is -2.15. The number of likely N-dealkylation sites (N-methyl/N-ethyl adjacent to an activating group) is 2. The van der Waals surface area contributed by atoms with Gasteiger partial charge in [0.2, 0.25) is 0 Å². The molecule has 6 fully saturated rings. The highest BCUT2D eigenvalue weighted by Gasteiger charge is 2.56. The molecule has 4 aromatic heterocycles. The SMILES string of the molecule is C.C.CC[C@H]1OC(=O)[C@H](C)C(=O)[C@H](C)[C@@H](O[C@@H]2O[C@H](C)C[C@H](N(C)C)[C@H]2O)[C@@]2(C)C[C@@H](C)C(=NC)[C@H](C)[C@@H](OCC(=NOCc3ccc(-n4cccn4)nc3)CO2)[C@]1(C)O.CC[C@H]1OC(=O)[C@H](C)C(=O)[C@H](C)[C@@H](O[C@@H]2O[C@H](C)C[C@H](N(C)C)[C@H]2OC)[C@@]2(C)C[C@@H](C)C(=NC)[C@H](C)[C@@H](OCC(=O)CO2)[C@]1(C)O.NOCc1ccc(-n2cccn2)nc1. The minimum atomic E-state index is -1.73. The molecule has 0 radical (unpaired) electrons. The number of hydrogen-bond donors (Lipinski definition) is 4. The Kier molecular flexibility index (Phi) is 38.1. The lowest BCUT2D eigenvalue weighted by Crippen LogP contribution is -2.60. The van der Waals surface area contributed by atoms with Crippen LogP contribution in [0, 0.1) is 47.3 Å². The van der Waals surface area contributed by atoms with Gasteiger partial charge in [0, 0.05) is 111 Å². The number of pyridine rings is 2. The molecule has 0 spiro atoms. The van der Waals surface area contributed by atoms with Crippen molar-refractivity contribution in [1.82, 2.24) is 39.3 Å². The molecule has 120 heavy (non-hydrogen) atoms. The molecule has 0 saturated carbocycles. The van der Waals surface area contributed by atoms with Gasteiger partial charge >= 0.3 is 11.9 Å². The Morgan fingerprint density at radius 1 is 0.592 bits per heavy atom. The van der Waals surface area contributed by atoms with E-state index < -0.39 is 143 Å². The summed E-state index contributed by atoms with van der Waals surface area (Å²) in [5, 5.41) is 48.7. The topological polar surface area (TPSA) is 397 Å². The first kappa shape index (κ1) is 102. The largest absolute Gasteiger partial charge is 0.459 e. The Balaban J connectivity index is 0.000000320. The van der Waals surface area contributed by atoms with Gasteiger partial charge in [0.15, 0.2) is 41.6 Å². The minimum Gasteiger partial charge on any atom is -0.459 e. The second-order valence-corrected chi connectivity index (χ2v) is 33.9. The Labute approximate surface area is 709 Å². The lowest BCUT2D eigenvalue weighted by Gasteiger charge is -2.48. The van der Waals surface area contributed by atoms with Crippen molar-refractivity contribution in [3.8, 4) is 11.6 Å². The third-order valence-electron chi connectivity index (χ3n) is 24.2. The monoisotopic (exact) mass is 1690 g/mol. The molecule has 5 N–H and O–H groups in total. The summed E-state index contributed by atoms with van der Waals surface area (Å²) in [7, 11) is 12.7. The highest BCUT2D eigenvalue weighted by atomic mass is 16.7. The number of nitrogens with two attached hydrogens (primary N) is 1. The van der Waals surface area contributed by atoms with Crippen molar-refractivity contribution in [2.75, 3.05) is 75.8 Å². The molecule has 0 amide bonds. The first-order valence-corrected chi connectivity index (χ1v) is 41.2. The van der Waals surface area contributed by atoms with Crippen LogP contribution in [-0.4, -0.2) is 285 Å². The number of rotatable bonds is 16. The first-order valence-electron chi connectivity index (χ1n) is 41.2. The number of methoxy groups -OCH3 is 1. The van der Waals surface area contributed by atoms with Crippen LogP contribution in [-0.2, 0) is 99.0 Å². The molecular formula is C87H140N12O21. The normalized spacial score (nSPS) is 37.0. The number of oxime groups is 1. The summed E-state index contributed by atoms with van der Waals surface area (Å²) in [6, 6.07) is 10.8. The standard InChI is InChI=1S/C42H64N6O10.C34H58N2O10.C9H10N4O.2CH4/c1-12-32-42(8,52)38-26(4)34(43-9)24(2)19-41(7,54-23-30(22-53-38)46-55-21-29-14-15-33(44-20-29)48-17-13-16-45-48)37(27(5)35(49)28(6)39(51)57-32)58-40-36(50)31(47(10)11)18-25(3)56-40;1-13-25-34(8,40)30-20(4)26(35-9)18(2)15-33(7,43-17-23(37)16-42-30)29(21(5)27(38)22(6)31(39)45-25)46-32-28(41-12)24(36(10)11)14-19(3)44-32;10-14-7-8-2-3-9(11-6-8)13-5-1-4-12-13;;/h13-17,20,24-28,31-32,36-38,40,50,52H,12,18-19,21-23H2,1-11H3;18-22,24-25,28-30,32,40H,13-17H2,1-12H3;1-6H,7,10H2;2*1H4/t24-,25-,26+,27+,28-,31+,32-,36-,37-,38-,40+,41-,42-;18-,19-,20+,21+,22-,24+,25-,28-,29-,30-,32+,33-,34-;;;/m11.../s1. The van der Waals surface area contributed by atoms with Crippen molar-refractivity contribution in [3.63, 3.8) is 0 Å². The number of carbonyl (C=O) groups is 5. The number of aromatic nitrogens is 6. The van der Waals surface area contributed by atoms with E-state index in [2.05, 4.69) is 40.1 Å². The van der Waals surface area contributed by atoms with E-state index in [1.165, 1.54) is 13.8 Å². The van der Waals surface area contributed by atoms with Gasteiger partial charge in [-0.05, 0) is 164 Å². The molecular weight excluding hydrogens is 1550 g/mol. The zero-order valence-corrected chi connectivity index (χ0v) is 73.3. The summed E-state index contributed by atoms with van der Waals surface area (Å²) >= 11 is 0. The van der Waals surface area contributed by atoms with E-state index in [1.54, 1.807) is 103 Å². The smallest absolute Gasteiger partial charge is 0.316 e.